The lowest BCUT2D eigenvalue weighted by molar-refractivity contribution is 0.379. The molecule has 0 aromatic rings. The summed E-state index contributed by atoms with van der Waals surface area (Å²) >= 11 is 0. The second kappa shape index (κ2) is 6.32. The third-order valence-electron chi connectivity index (χ3n) is 1.31. The molecule has 0 rings (SSSR count). The van der Waals surface area contributed by atoms with Crippen molar-refractivity contribution in [2.45, 2.75) is 39.3 Å². The molecule has 8 heteroatoms. The van der Waals surface area contributed by atoms with Gasteiger partial charge in [0.1, 0.15) is 0 Å². The van der Waals surface area contributed by atoms with Crippen LogP contribution in [0.5, 0.6) is 0 Å². The lowest BCUT2D eigenvalue weighted by Crippen LogP contribution is -2.41. The average molecular weight is 270 g/mol. The van der Waals surface area contributed by atoms with Crippen LogP contribution in [0.4, 0.5) is 0 Å². The number of nitrogens with two attached hydrogens (primary N) is 1. The van der Waals surface area contributed by atoms with Crippen molar-refractivity contribution in [1.82, 2.24) is 0 Å². The van der Waals surface area contributed by atoms with Gasteiger partial charge in [0.25, 0.3) is 18.6 Å². The molecule has 86 valence electrons. The Morgan fingerprint density at radius 1 is 0.929 bits per heavy atom. The summed E-state index contributed by atoms with van der Waals surface area (Å²) in [4.78, 5) is 0. The van der Waals surface area contributed by atoms with E-state index in [2.05, 4.69) is 26.2 Å². The lowest BCUT2D eigenvalue weighted by atomic mass is 11.8. The van der Waals surface area contributed by atoms with Crippen molar-refractivity contribution in [3.05, 3.63) is 0 Å². The molecule has 0 saturated carbocycles. The average Bonchev–Trinajstić information content (AvgIpc) is 1.77. The predicted molar refractivity (Wildman–Crippen MR) is 69.8 cm³/mol. The fourth-order valence-corrected chi connectivity index (χ4v) is 11.2. The van der Waals surface area contributed by atoms with Gasteiger partial charge in [0.2, 0.25) is 9.20 Å². The largest absolute Gasteiger partial charge is 0.439 e. The van der Waals surface area contributed by atoms with E-state index in [-0.39, 0.29) is 0 Å². The van der Waals surface area contributed by atoms with Crippen molar-refractivity contribution in [1.29, 1.82) is 0 Å². The van der Waals surface area contributed by atoms with Gasteiger partial charge in [-0.05, 0) is 39.3 Å². The summed E-state index contributed by atoms with van der Waals surface area (Å²) in [5.74, 6) is 0. The molecule has 14 heavy (non-hydrogen) atoms. The summed E-state index contributed by atoms with van der Waals surface area (Å²) in [6.07, 6.45) is 0. The number of hydrogen-bond acceptors (Lipinski definition) is 4. The minimum atomic E-state index is -1.51. The first-order chi connectivity index (χ1) is 6.20. The minimum absolute atomic E-state index is 1.43. The Morgan fingerprint density at radius 2 is 1.43 bits per heavy atom. The van der Waals surface area contributed by atoms with Crippen LogP contribution in [0.15, 0.2) is 0 Å². The van der Waals surface area contributed by atoms with Gasteiger partial charge in [-0.25, -0.2) is 0 Å². The zero-order valence-corrected chi connectivity index (χ0v) is 14.5. The second-order valence-electron chi connectivity index (χ2n) is 4.34. The smallest absolute Gasteiger partial charge is 0.299 e. The third kappa shape index (κ3) is 9.27. The first kappa shape index (κ1) is 14.7. The van der Waals surface area contributed by atoms with E-state index < -0.39 is 36.1 Å². The van der Waals surface area contributed by atoms with Gasteiger partial charge in [0, 0.05) is 0 Å². The van der Waals surface area contributed by atoms with Crippen molar-refractivity contribution in [3.63, 3.8) is 0 Å². The molecule has 0 saturated heterocycles. The molecule has 0 spiro atoms. The molecule has 0 aromatic carbocycles. The van der Waals surface area contributed by atoms with Crippen LogP contribution >= 0.6 is 0 Å². The van der Waals surface area contributed by atoms with Crippen molar-refractivity contribution in [3.8, 4) is 0 Å². The standard InChI is InChI=1S/C6H23NO3Si4/c1-11(7)8-12(2)9-13(3)10-14(4,5)6/h11-13H,7H2,1-6H3. The van der Waals surface area contributed by atoms with Gasteiger partial charge in [0.15, 0.2) is 8.32 Å². The Balaban J connectivity index is 3.76. The molecule has 3 atom stereocenters. The molecule has 0 aliphatic carbocycles. The number of hydrogen-bond donors (Lipinski definition) is 1. The van der Waals surface area contributed by atoms with Gasteiger partial charge < -0.3 is 17.7 Å². The van der Waals surface area contributed by atoms with Crippen LogP contribution in [0.2, 0.25) is 39.3 Å². The molecule has 2 N–H and O–H groups in total. The summed E-state index contributed by atoms with van der Waals surface area (Å²) in [6.45, 7) is 12.6. The molecule has 0 bridgehead atoms. The molecule has 0 radical (unpaired) electrons. The summed E-state index contributed by atoms with van der Waals surface area (Å²) in [5.41, 5.74) is 0. The Hall–Kier alpha value is 0.708. The van der Waals surface area contributed by atoms with Crippen molar-refractivity contribution < 1.29 is 12.3 Å². The molecule has 4 nitrogen and oxygen atoms in total. The molecule has 0 aliphatic rings. The molecule has 0 aromatic heterocycles. The first-order valence-corrected chi connectivity index (χ1v) is 14.8. The fourth-order valence-electron chi connectivity index (χ4n) is 1.13. The van der Waals surface area contributed by atoms with Gasteiger partial charge in [-0.15, -0.1) is 0 Å². The Kier molecular flexibility index (Phi) is 6.64. The maximum Gasteiger partial charge on any atom is 0.299 e. The van der Waals surface area contributed by atoms with Crippen molar-refractivity contribution in [2.24, 2.45) is 5.40 Å². The highest BCUT2D eigenvalue weighted by Gasteiger charge is 2.22. The molecule has 0 heterocycles. The Morgan fingerprint density at radius 3 is 1.79 bits per heavy atom. The maximum absolute atomic E-state index is 5.87. The molecule has 0 amide bonds. The van der Waals surface area contributed by atoms with Gasteiger partial charge >= 0.3 is 0 Å². The normalized spacial score (nSPS) is 19.1. The summed E-state index contributed by atoms with van der Waals surface area (Å²) in [5, 5.41) is 5.65. The van der Waals surface area contributed by atoms with Crippen molar-refractivity contribution >= 4 is 36.1 Å². The zero-order chi connectivity index (χ0) is 11.4. The molecule has 3 unspecified atom stereocenters. The monoisotopic (exact) mass is 269 g/mol. The van der Waals surface area contributed by atoms with E-state index in [0.717, 1.165) is 0 Å². The van der Waals surface area contributed by atoms with Crippen LogP contribution in [-0.2, 0) is 12.3 Å². The number of rotatable bonds is 6. The Labute approximate surface area is 93.4 Å². The van der Waals surface area contributed by atoms with E-state index >= 15 is 0 Å². The van der Waals surface area contributed by atoms with Crippen LogP contribution in [0, 0.1) is 0 Å². The van der Waals surface area contributed by atoms with Crippen LogP contribution in [0.3, 0.4) is 0 Å². The third-order valence-corrected chi connectivity index (χ3v) is 11.8. The van der Waals surface area contributed by atoms with Gasteiger partial charge in [-0.2, -0.15) is 0 Å². The maximum atomic E-state index is 5.87. The molecule has 0 aliphatic heterocycles. The molecule has 0 fully saturated rings. The fraction of sp³-hybridized carbons (Fsp3) is 1.00. The molecular formula is C6H23NO3Si4. The topological polar surface area (TPSA) is 53.7 Å². The highest BCUT2D eigenvalue weighted by Crippen LogP contribution is 2.06. The van der Waals surface area contributed by atoms with E-state index in [1.165, 1.54) is 0 Å². The van der Waals surface area contributed by atoms with Gasteiger partial charge in [-0.3, -0.25) is 0 Å². The predicted octanol–water partition coefficient (Wildman–Crippen LogP) is 0.381. The quantitative estimate of drug-likeness (QED) is 0.709. The second-order valence-corrected chi connectivity index (χ2v) is 15.4. The van der Waals surface area contributed by atoms with E-state index in [9.17, 15) is 0 Å². The van der Waals surface area contributed by atoms with E-state index in [0.29, 0.717) is 0 Å². The SMILES string of the molecule is C[SiH](N)O[SiH](C)O[SiH](C)O[Si](C)(C)C. The van der Waals surface area contributed by atoms with Gasteiger partial charge in [-0.1, -0.05) is 0 Å². The highest BCUT2D eigenvalue weighted by atomic mass is 28.4. The van der Waals surface area contributed by atoms with Crippen LogP contribution in [0.1, 0.15) is 0 Å². The lowest BCUT2D eigenvalue weighted by Gasteiger charge is -2.25. The highest BCUT2D eigenvalue weighted by molar-refractivity contribution is 6.77. The van der Waals surface area contributed by atoms with E-state index in [1.807, 2.05) is 13.1 Å². The first-order valence-electron chi connectivity index (χ1n) is 4.95. The summed E-state index contributed by atoms with van der Waals surface area (Å²) in [6, 6.07) is 0. The zero-order valence-electron chi connectivity index (χ0n) is 10.0. The van der Waals surface area contributed by atoms with E-state index in [1.54, 1.807) is 0 Å². The van der Waals surface area contributed by atoms with E-state index in [4.69, 9.17) is 17.7 Å². The summed E-state index contributed by atoms with van der Waals surface area (Å²) in [7, 11) is -5.86. The van der Waals surface area contributed by atoms with Crippen LogP contribution in [0.25, 0.3) is 0 Å². The van der Waals surface area contributed by atoms with Crippen LogP contribution in [-0.4, -0.2) is 36.1 Å². The Bertz CT molecular complexity index is 164. The minimum Gasteiger partial charge on any atom is -0.439 e. The summed E-state index contributed by atoms with van der Waals surface area (Å²) < 4.78 is 17.2. The van der Waals surface area contributed by atoms with Gasteiger partial charge in [0.05, 0.1) is 0 Å². The van der Waals surface area contributed by atoms with Crippen LogP contribution < -0.4 is 5.40 Å². The molecular weight excluding hydrogens is 246 g/mol. The van der Waals surface area contributed by atoms with Crippen molar-refractivity contribution in [2.75, 3.05) is 0 Å².